The monoisotopic (exact) mass is 525 g/mol. The fraction of sp³-hybridized carbons (Fsp3) is 0.690. The van der Waals surface area contributed by atoms with Gasteiger partial charge in [0.15, 0.2) is 0 Å². The van der Waals surface area contributed by atoms with Crippen molar-refractivity contribution in [1.82, 2.24) is 25.0 Å². The van der Waals surface area contributed by atoms with E-state index in [1.165, 1.54) is 0 Å². The largest absolute Gasteiger partial charge is 0.349 e. The van der Waals surface area contributed by atoms with Crippen molar-refractivity contribution in [3.8, 4) is 0 Å². The summed E-state index contributed by atoms with van der Waals surface area (Å²) in [7, 11) is 0. The molecule has 8 heteroatoms. The van der Waals surface area contributed by atoms with Gasteiger partial charge in [-0.2, -0.15) is 0 Å². The molecule has 1 amide bonds. The topological polar surface area (TPSA) is 63.1 Å². The van der Waals surface area contributed by atoms with Gasteiger partial charge in [0.25, 0.3) is 0 Å². The highest BCUT2D eigenvalue weighted by atomic mass is 19.3. The Kier molecular flexibility index (Phi) is 4.46. The average Bonchev–Trinajstić information content (AvgIpc) is 3.56. The van der Waals surface area contributed by atoms with Crippen LogP contribution in [-0.2, 0) is 4.79 Å². The summed E-state index contributed by atoms with van der Waals surface area (Å²) in [6.07, 6.45) is -14.2. The second-order valence-electron chi connectivity index (χ2n) is 10.3. The molecule has 1 aromatic carbocycles. The molecule has 202 valence electrons. The minimum Gasteiger partial charge on any atom is -0.349 e. The maximum absolute atomic E-state index is 15.1. The maximum Gasteiger partial charge on any atom is 0.248 e. The Labute approximate surface area is 236 Å². The second kappa shape index (κ2) is 10.8. The lowest BCUT2D eigenvalue weighted by molar-refractivity contribution is -0.130. The number of aromatic nitrogens is 3. The third kappa shape index (κ3) is 5.74. The summed E-state index contributed by atoms with van der Waals surface area (Å²) in [6, 6.07) is 7.16. The third-order valence-electron chi connectivity index (χ3n) is 7.56. The molecule has 0 radical (unpaired) electrons. The van der Waals surface area contributed by atoms with Gasteiger partial charge < -0.3 is 9.88 Å². The first-order valence-corrected chi connectivity index (χ1v) is 12.8. The predicted octanol–water partition coefficient (Wildman–Crippen LogP) is 5.95. The number of nitrogens with one attached hydrogen (secondary N) is 1. The van der Waals surface area contributed by atoms with Crippen LogP contribution in [0, 0.1) is 12.7 Å². The van der Waals surface area contributed by atoms with E-state index in [0.717, 1.165) is 12.8 Å². The van der Waals surface area contributed by atoms with Gasteiger partial charge in [-0.25, -0.2) is 8.78 Å². The Balaban J connectivity index is 1.41. The summed E-state index contributed by atoms with van der Waals surface area (Å²) in [6.45, 7) is 1.75. The van der Waals surface area contributed by atoms with Gasteiger partial charge in [0.1, 0.15) is 11.6 Å². The number of halogens is 2. The first kappa shape index (κ1) is 15.3. The lowest BCUT2D eigenvalue weighted by Crippen LogP contribution is -2.45. The molecule has 1 N–H and O–H groups in total. The van der Waals surface area contributed by atoms with E-state index in [9.17, 15) is 4.79 Å². The van der Waals surface area contributed by atoms with Gasteiger partial charge in [-0.15, -0.1) is 10.2 Å². The highest BCUT2D eigenvalue weighted by Gasteiger charge is 2.42. The molecule has 5 rings (SSSR count). The Morgan fingerprint density at radius 3 is 2.46 bits per heavy atom. The van der Waals surface area contributed by atoms with Crippen molar-refractivity contribution >= 4 is 5.91 Å². The predicted molar refractivity (Wildman–Crippen MR) is 139 cm³/mol. The highest BCUT2D eigenvalue weighted by Crippen LogP contribution is 2.42. The van der Waals surface area contributed by atoms with Crippen molar-refractivity contribution in [1.29, 1.82) is 0 Å². The van der Waals surface area contributed by atoms with E-state index in [1.54, 1.807) is 34.9 Å². The summed E-state index contributed by atoms with van der Waals surface area (Å²) in [5.41, 5.74) is 0.475. The fourth-order valence-corrected chi connectivity index (χ4v) is 5.85. The molecule has 3 unspecified atom stereocenters. The van der Waals surface area contributed by atoms with E-state index in [4.69, 9.17) is 16.4 Å². The van der Waals surface area contributed by atoms with Crippen LogP contribution in [0.25, 0.3) is 0 Å². The van der Waals surface area contributed by atoms with E-state index in [1.807, 2.05) is 13.8 Å². The standard InChI is InChI=1S/C29H41F2N5O/c1-19(2)27-34-33-20(3)36(27)25-17-23-9-10-24(18-25)35(23)16-13-26(21-7-5-4-6-8-21)32-28(37)22-11-14-29(30,31)15-12-22/h4-8,19,22-26H,9-18H2,1-3H3,(H,32,37)/i3D3,11D2,12D2,14D2,15D2,22D. The molecule has 3 heterocycles. The molecule has 2 saturated heterocycles. The Bertz CT molecular complexity index is 1510. The van der Waals surface area contributed by atoms with Crippen LogP contribution in [0.1, 0.15) is 123 Å². The normalized spacial score (nSPS) is 38.4. The molecule has 2 aliphatic heterocycles. The molecule has 1 aromatic heterocycles. The zero-order chi connectivity index (χ0) is 36.8. The first-order chi connectivity index (χ1) is 22.4. The maximum atomic E-state index is 15.1. The zero-order valence-corrected chi connectivity index (χ0v) is 21.0. The lowest BCUT2D eigenvalue weighted by Gasteiger charge is -2.40. The number of alkyl halides is 2. The number of benzene rings is 1. The number of hydrogen-bond donors (Lipinski definition) is 1. The zero-order valence-electron chi connectivity index (χ0n) is 33.0. The molecule has 37 heavy (non-hydrogen) atoms. The number of carbonyl (C=O) groups excluding carboxylic acids is 1. The van der Waals surface area contributed by atoms with E-state index in [-0.39, 0.29) is 36.3 Å². The molecule has 2 bridgehead atoms. The molecule has 3 fully saturated rings. The number of nitrogens with zero attached hydrogens (tertiary/aromatic N) is 4. The number of carbonyl (C=O) groups is 1. The number of piperidine rings is 1. The summed E-state index contributed by atoms with van der Waals surface area (Å²) in [5, 5.41) is 10.7. The van der Waals surface area contributed by atoms with Gasteiger partial charge in [-0.1, -0.05) is 44.2 Å². The molecule has 1 aliphatic carbocycles. The van der Waals surface area contributed by atoms with Crippen LogP contribution in [-0.4, -0.2) is 50.1 Å². The van der Waals surface area contributed by atoms with Gasteiger partial charge >= 0.3 is 0 Å². The van der Waals surface area contributed by atoms with Gasteiger partial charge in [-0.05, 0) is 57.3 Å². The molecular formula is C29H41F2N5O. The summed E-state index contributed by atoms with van der Waals surface area (Å²) in [5.74, 6) is -10.5. The smallest absolute Gasteiger partial charge is 0.248 e. The van der Waals surface area contributed by atoms with E-state index in [2.05, 4.69) is 20.4 Å². The molecule has 1 saturated carbocycles. The van der Waals surface area contributed by atoms with Crippen LogP contribution in [0.3, 0.4) is 0 Å². The lowest BCUT2D eigenvalue weighted by atomic mass is 9.86. The SMILES string of the molecule is [2H]C([2H])([2H])c1nnc(C(C)C)n1C1CC2CCC(C1)N2CCC(NC(=O)C1([2H])C([2H])([2H])C([2H])([2H])C(F)(F)C([2H])([2H])C1([2H])[2H])c1ccccc1. The van der Waals surface area contributed by atoms with Crippen LogP contribution in [0.15, 0.2) is 30.3 Å². The number of fused-ring (bicyclic) bond motifs is 2. The van der Waals surface area contributed by atoms with Gasteiger partial charge in [0, 0.05) is 65.7 Å². The van der Waals surface area contributed by atoms with Crippen molar-refractivity contribution < 1.29 is 30.0 Å². The summed E-state index contributed by atoms with van der Waals surface area (Å²) < 4.78 is 129. The number of amides is 1. The molecular weight excluding hydrogens is 472 g/mol. The van der Waals surface area contributed by atoms with Gasteiger partial charge in [0.2, 0.25) is 11.8 Å². The molecule has 3 atom stereocenters. The van der Waals surface area contributed by atoms with Crippen molar-refractivity contribution in [3.05, 3.63) is 47.5 Å². The summed E-state index contributed by atoms with van der Waals surface area (Å²) >= 11 is 0. The van der Waals surface area contributed by atoms with Crippen molar-refractivity contribution in [2.24, 2.45) is 5.89 Å². The minimum atomic E-state index is -5.23. The van der Waals surface area contributed by atoms with E-state index in [0.29, 0.717) is 30.8 Å². The Hall–Kier alpha value is -2.35. The quantitative estimate of drug-likeness (QED) is 0.463. The third-order valence-corrected chi connectivity index (χ3v) is 7.56. The fourth-order valence-electron chi connectivity index (χ4n) is 5.85. The number of aryl methyl sites for hydroxylation is 1. The Morgan fingerprint density at radius 1 is 1.16 bits per heavy atom. The average molecular weight is 526 g/mol. The first-order valence-electron chi connectivity index (χ1n) is 18.8. The van der Waals surface area contributed by atoms with Crippen molar-refractivity contribution in [2.75, 3.05) is 6.54 Å². The molecule has 3 aliphatic rings. The van der Waals surface area contributed by atoms with E-state index < -0.39 is 56.1 Å². The molecule has 2 aromatic rings. The van der Waals surface area contributed by atoms with Crippen LogP contribution < -0.4 is 5.32 Å². The summed E-state index contributed by atoms with van der Waals surface area (Å²) in [4.78, 5) is 16.1. The van der Waals surface area contributed by atoms with Gasteiger partial charge in [0.05, 0.1) is 6.04 Å². The van der Waals surface area contributed by atoms with Crippen LogP contribution in [0.2, 0.25) is 0 Å². The van der Waals surface area contributed by atoms with Gasteiger partial charge in [-0.3, -0.25) is 9.69 Å². The van der Waals surface area contributed by atoms with Crippen molar-refractivity contribution in [3.63, 3.8) is 0 Å². The Morgan fingerprint density at radius 2 is 1.84 bits per heavy atom. The van der Waals surface area contributed by atoms with E-state index >= 15 is 8.78 Å². The number of rotatable bonds is 8. The minimum absolute atomic E-state index is 0.0218. The second-order valence-corrected chi connectivity index (χ2v) is 10.3. The molecule has 6 nitrogen and oxygen atoms in total. The number of hydrogen-bond acceptors (Lipinski definition) is 4. The highest BCUT2D eigenvalue weighted by molar-refractivity contribution is 5.79. The van der Waals surface area contributed by atoms with Crippen molar-refractivity contribution in [2.45, 2.75) is 114 Å². The van der Waals surface area contributed by atoms with Crippen LogP contribution >= 0.6 is 0 Å². The van der Waals surface area contributed by atoms with Crippen LogP contribution in [0.5, 0.6) is 0 Å². The molecule has 0 spiro atoms. The van der Waals surface area contributed by atoms with Crippen LogP contribution in [0.4, 0.5) is 8.78 Å².